The summed E-state index contributed by atoms with van der Waals surface area (Å²) in [6, 6.07) is 0. The van der Waals surface area contributed by atoms with Gasteiger partial charge in [-0.15, -0.1) is 0 Å². The van der Waals surface area contributed by atoms with Crippen molar-refractivity contribution < 1.29 is 12.9 Å². The molecule has 2 rings (SSSR count). The Balaban J connectivity index is 2.30. The molecule has 1 heterocycles. The zero-order valence-corrected chi connectivity index (χ0v) is 9.94. The number of aromatic nitrogens is 1. The van der Waals surface area contributed by atoms with E-state index in [0.717, 1.165) is 30.6 Å². The number of hydrogen-bond acceptors (Lipinski definition) is 4. The molecule has 0 saturated carbocycles. The molecule has 0 saturated heterocycles. The molecule has 1 atom stereocenters. The van der Waals surface area contributed by atoms with Gasteiger partial charge in [-0.3, -0.25) is 0 Å². The third-order valence-corrected chi connectivity index (χ3v) is 3.76. The molecule has 1 aromatic heterocycles. The Hall–Kier alpha value is -0.550. The van der Waals surface area contributed by atoms with E-state index in [9.17, 15) is 8.42 Å². The van der Waals surface area contributed by atoms with Crippen LogP contribution in [0.15, 0.2) is 4.52 Å². The van der Waals surface area contributed by atoms with E-state index in [1.54, 1.807) is 0 Å². The zero-order valence-electron chi connectivity index (χ0n) is 8.36. The zero-order chi connectivity index (χ0) is 11.1. The first-order chi connectivity index (χ1) is 7.01. The predicted octanol–water partition coefficient (Wildman–Crippen LogP) is 2.18. The fraction of sp³-hybridized carbons (Fsp3) is 0.667. The van der Waals surface area contributed by atoms with Gasteiger partial charge in [-0.2, -0.15) is 0 Å². The third kappa shape index (κ3) is 2.18. The summed E-state index contributed by atoms with van der Waals surface area (Å²) in [5.41, 5.74) is 1.43. The number of halogens is 1. The van der Waals surface area contributed by atoms with Crippen LogP contribution < -0.4 is 0 Å². The van der Waals surface area contributed by atoms with Gasteiger partial charge in [0.05, 0.1) is 0 Å². The highest BCUT2D eigenvalue weighted by atomic mass is 35.7. The molecule has 6 heteroatoms. The largest absolute Gasteiger partial charge is 0.361 e. The maximum atomic E-state index is 10.9. The van der Waals surface area contributed by atoms with Crippen molar-refractivity contribution in [2.24, 2.45) is 0 Å². The number of nitrogens with zero attached hydrogens (tertiary/aromatic N) is 1. The van der Waals surface area contributed by atoms with Crippen LogP contribution in [0.4, 0.5) is 0 Å². The summed E-state index contributed by atoms with van der Waals surface area (Å²) in [6.45, 7) is 2.08. The van der Waals surface area contributed by atoms with E-state index in [2.05, 4.69) is 12.1 Å². The smallest absolute Gasteiger partial charge is 0.238 e. The van der Waals surface area contributed by atoms with E-state index >= 15 is 0 Å². The molecule has 1 unspecified atom stereocenters. The van der Waals surface area contributed by atoms with Crippen molar-refractivity contribution in [1.82, 2.24) is 5.16 Å². The van der Waals surface area contributed by atoms with Gasteiger partial charge < -0.3 is 4.52 Å². The van der Waals surface area contributed by atoms with Gasteiger partial charge in [-0.1, -0.05) is 12.1 Å². The number of hydrogen-bond donors (Lipinski definition) is 0. The molecule has 0 aliphatic heterocycles. The summed E-state index contributed by atoms with van der Waals surface area (Å²) in [5, 5.41) is 3.78. The molecule has 1 aliphatic carbocycles. The van der Waals surface area contributed by atoms with Crippen molar-refractivity contribution in [1.29, 1.82) is 0 Å². The van der Waals surface area contributed by atoms with E-state index < -0.39 is 9.05 Å². The molecule has 0 bridgehead atoms. The lowest BCUT2D eigenvalue weighted by Crippen LogP contribution is -1.98. The highest BCUT2D eigenvalue weighted by Crippen LogP contribution is 2.37. The Morgan fingerprint density at radius 3 is 2.93 bits per heavy atom. The first-order valence-electron chi connectivity index (χ1n) is 4.91. The third-order valence-electron chi connectivity index (χ3n) is 2.82. The lowest BCUT2D eigenvalue weighted by atomic mass is 10.1. The molecular weight excluding hydrogens is 238 g/mol. The van der Waals surface area contributed by atoms with Gasteiger partial charge >= 0.3 is 0 Å². The van der Waals surface area contributed by atoms with Gasteiger partial charge in [-0.25, -0.2) is 8.42 Å². The van der Waals surface area contributed by atoms with Crippen molar-refractivity contribution >= 4 is 19.7 Å². The lowest BCUT2D eigenvalue weighted by Gasteiger charge is -2.00. The quantitative estimate of drug-likeness (QED) is 0.771. The lowest BCUT2D eigenvalue weighted by molar-refractivity contribution is 0.355. The molecule has 4 nitrogen and oxygen atoms in total. The standard InChI is InChI=1S/C9H12ClNO3S/c1-2-6-3-4-7-8(5-15(10,12)13)11-14-9(6)7/h6H,2-5H2,1H3. The fourth-order valence-corrected chi connectivity index (χ4v) is 2.92. The van der Waals surface area contributed by atoms with Crippen LogP contribution in [0, 0.1) is 0 Å². The van der Waals surface area contributed by atoms with Gasteiger partial charge in [0.25, 0.3) is 0 Å². The number of fused-ring (bicyclic) bond motifs is 1. The van der Waals surface area contributed by atoms with Gasteiger partial charge in [0, 0.05) is 22.2 Å². The van der Waals surface area contributed by atoms with Crippen molar-refractivity contribution in [3.8, 4) is 0 Å². The van der Waals surface area contributed by atoms with E-state index in [0.29, 0.717) is 11.6 Å². The fourth-order valence-electron chi connectivity index (χ4n) is 2.06. The van der Waals surface area contributed by atoms with Crippen LogP contribution in [0.2, 0.25) is 0 Å². The van der Waals surface area contributed by atoms with Crippen LogP contribution in [0.1, 0.15) is 42.7 Å². The molecule has 1 aromatic rings. The van der Waals surface area contributed by atoms with Crippen LogP contribution in [0.3, 0.4) is 0 Å². The van der Waals surface area contributed by atoms with Crippen LogP contribution >= 0.6 is 10.7 Å². The first-order valence-corrected chi connectivity index (χ1v) is 7.38. The molecule has 0 fully saturated rings. The molecular formula is C9H12ClNO3S. The molecule has 0 N–H and O–H groups in total. The van der Waals surface area contributed by atoms with Crippen LogP contribution in [-0.2, 0) is 21.2 Å². The van der Waals surface area contributed by atoms with Gasteiger partial charge in [-0.05, 0) is 19.3 Å². The van der Waals surface area contributed by atoms with Crippen molar-refractivity contribution in [3.63, 3.8) is 0 Å². The highest BCUT2D eigenvalue weighted by molar-refractivity contribution is 8.13. The summed E-state index contributed by atoms with van der Waals surface area (Å²) in [5.74, 6) is 1.01. The van der Waals surface area contributed by atoms with Gasteiger partial charge in [0.2, 0.25) is 9.05 Å². The SMILES string of the molecule is CCC1CCc2c(CS(=O)(=O)Cl)noc21. The Morgan fingerprint density at radius 2 is 2.33 bits per heavy atom. The Labute approximate surface area is 93.0 Å². The van der Waals surface area contributed by atoms with Crippen LogP contribution in [0.25, 0.3) is 0 Å². The monoisotopic (exact) mass is 249 g/mol. The van der Waals surface area contributed by atoms with Crippen LogP contribution in [-0.4, -0.2) is 13.6 Å². The molecule has 84 valence electrons. The molecule has 0 radical (unpaired) electrons. The van der Waals surface area contributed by atoms with E-state index in [1.165, 1.54) is 0 Å². The minimum Gasteiger partial charge on any atom is -0.361 e. The second kappa shape index (κ2) is 3.79. The predicted molar refractivity (Wildman–Crippen MR) is 56.3 cm³/mol. The molecule has 15 heavy (non-hydrogen) atoms. The normalized spacial score (nSPS) is 20.5. The second-order valence-electron chi connectivity index (χ2n) is 3.80. The van der Waals surface area contributed by atoms with Crippen molar-refractivity contribution in [2.45, 2.75) is 37.9 Å². The van der Waals surface area contributed by atoms with Crippen molar-refractivity contribution in [2.75, 3.05) is 0 Å². The topological polar surface area (TPSA) is 60.2 Å². The average molecular weight is 250 g/mol. The maximum Gasteiger partial charge on any atom is 0.238 e. The molecule has 0 amide bonds. The maximum absolute atomic E-state index is 10.9. The second-order valence-corrected chi connectivity index (χ2v) is 6.58. The minimum atomic E-state index is -3.54. The molecule has 0 aromatic carbocycles. The van der Waals surface area contributed by atoms with Crippen molar-refractivity contribution in [3.05, 3.63) is 17.0 Å². The van der Waals surface area contributed by atoms with Gasteiger partial charge in [0.15, 0.2) is 0 Å². The van der Waals surface area contributed by atoms with E-state index in [-0.39, 0.29) is 5.75 Å². The average Bonchev–Trinajstić information content (AvgIpc) is 2.65. The Kier molecular flexibility index (Phi) is 2.77. The summed E-state index contributed by atoms with van der Waals surface area (Å²) in [4.78, 5) is 0. The number of rotatable bonds is 3. The van der Waals surface area contributed by atoms with E-state index in [1.807, 2.05) is 0 Å². The van der Waals surface area contributed by atoms with E-state index in [4.69, 9.17) is 15.2 Å². The van der Waals surface area contributed by atoms with Gasteiger partial charge in [0.1, 0.15) is 17.2 Å². The molecule has 1 aliphatic rings. The summed E-state index contributed by atoms with van der Waals surface area (Å²) >= 11 is 0. The Bertz CT molecular complexity index is 466. The molecule has 0 spiro atoms. The highest BCUT2D eigenvalue weighted by Gasteiger charge is 2.30. The summed E-state index contributed by atoms with van der Waals surface area (Å²) in [6.07, 6.45) is 2.86. The summed E-state index contributed by atoms with van der Waals surface area (Å²) in [7, 11) is 1.64. The van der Waals surface area contributed by atoms with Crippen LogP contribution in [0.5, 0.6) is 0 Å². The Morgan fingerprint density at radius 1 is 1.60 bits per heavy atom. The first kappa shape index (κ1) is 11.0. The minimum absolute atomic E-state index is 0.232. The summed E-state index contributed by atoms with van der Waals surface area (Å²) < 4.78 is 27.1.